The van der Waals surface area contributed by atoms with Crippen molar-refractivity contribution in [1.82, 2.24) is 14.7 Å². The van der Waals surface area contributed by atoms with E-state index < -0.39 is 0 Å². The third-order valence-corrected chi connectivity index (χ3v) is 5.80. The molecule has 0 aliphatic heterocycles. The van der Waals surface area contributed by atoms with Crippen molar-refractivity contribution < 1.29 is 14.3 Å². The molecule has 2 rings (SSSR count). The van der Waals surface area contributed by atoms with Crippen LogP contribution in [0.25, 0.3) is 5.69 Å². The molecular formula is C28H44N4O3. The van der Waals surface area contributed by atoms with Crippen molar-refractivity contribution in [2.24, 2.45) is 11.3 Å². The molecule has 0 spiro atoms. The van der Waals surface area contributed by atoms with Crippen molar-refractivity contribution in [3.63, 3.8) is 0 Å². The van der Waals surface area contributed by atoms with Crippen LogP contribution in [-0.4, -0.2) is 46.2 Å². The second kappa shape index (κ2) is 11.3. The third kappa shape index (κ3) is 8.41. The number of rotatable bonds is 9. The Morgan fingerprint density at radius 3 is 2.14 bits per heavy atom. The number of benzene rings is 1. The van der Waals surface area contributed by atoms with Crippen LogP contribution in [0.15, 0.2) is 30.3 Å². The van der Waals surface area contributed by atoms with Gasteiger partial charge in [-0.15, -0.1) is 0 Å². The minimum Gasteiger partial charge on any atom is -0.497 e. The molecule has 0 radical (unpaired) electrons. The first kappa shape index (κ1) is 28.4. The van der Waals surface area contributed by atoms with Crippen molar-refractivity contribution in [2.75, 3.05) is 19.0 Å². The first-order valence-electron chi connectivity index (χ1n) is 12.4. The Morgan fingerprint density at radius 1 is 1.06 bits per heavy atom. The Hall–Kier alpha value is -2.83. The molecule has 0 aliphatic carbocycles. The molecule has 0 bridgehead atoms. The maximum atomic E-state index is 13.1. The number of carbonyl (C=O) groups is 2. The zero-order chi connectivity index (χ0) is 26.6. The lowest BCUT2D eigenvalue weighted by atomic mass is 9.84. The van der Waals surface area contributed by atoms with Crippen LogP contribution in [0.4, 0.5) is 5.82 Å². The van der Waals surface area contributed by atoms with Gasteiger partial charge in [-0.25, -0.2) is 4.68 Å². The molecule has 0 saturated heterocycles. The van der Waals surface area contributed by atoms with Crippen LogP contribution >= 0.6 is 0 Å². The predicted molar refractivity (Wildman–Crippen MR) is 142 cm³/mol. The van der Waals surface area contributed by atoms with Crippen LogP contribution in [0.2, 0.25) is 0 Å². The van der Waals surface area contributed by atoms with E-state index in [1.807, 2.05) is 44.2 Å². The standard InChI is InChI=1S/C28H44N4O3/c1-19(2)31(26(34)15-20(3)17-27(4,5)6)18-25(33)29-24-16-23(28(7,8)9)30-32(24)21-11-13-22(35-10)14-12-21/h11-14,16,19-20H,15,17-18H2,1-10H3,(H,29,33). The number of ether oxygens (including phenoxy) is 1. The summed E-state index contributed by atoms with van der Waals surface area (Å²) in [5.41, 5.74) is 1.63. The summed E-state index contributed by atoms with van der Waals surface area (Å²) < 4.78 is 6.99. The number of anilines is 1. The van der Waals surface area contributed by atoms with Crippen molar-refractivity contribution in [3.8, 4) is 11.4 Å². The van der Waals surface area contributed by atoms with E-state index in [1.165, 1.54) is 0 Å². The Morgan fingerprint density at radius 2 is 1.66 bits per heavy atom. The average Bonchev–Trinajstić information content (AvgIpc) is 3.14. The van der Waals surface area contributed by atoms with E-state index in [0.717, 1.165) is 23.6 Å². The Labute approximate surface area is 211 Å². The van der Waals surface area contributed by atoms with Crippen molar-refractivity contribution >= 4 is 17.6 Å². The molecule has 1 N–H and O–H groups in total. The predicted octanol–water partition coefficient (Wildman–Crippen LogP) is 5.82. The zero-order valence-electron chi connectivity index (χ0n) is 23.2. The van der Waals surface area contributed by atoms with Crippen LogP contribution in [-0.2, 0) is 15.0 Å². The number of carbonyl (C=O) groups excluding carboxylic acids is 2. The zero-order valence-corrected chi connectivity index (χ0v) is 23.2. The first-order valence-corrected chi connectivity index (χ1v) is 12.4. The number of nitrogens with one attached hydrogen (secondary N) is 1. The summed E-state index contributed by atoms with van der Waals surface area (Å²) >= 11 is 0. The highest BCUT2D eigenvalue weighted by atomic mass is 16.5. The molecule has 1 unspecified atom stereocenters. The van der Waals surface area contributed by atoms with Gasteiger partial charge in [0.15, 0.2) is 0 Å². The summed E-state index contributed by atoms with van der Waals surface area (Å²) in [6, 6.07) is 9.33. The number of amides is 2. The normalized spacial score (nSPS) is 13.0. The SMILES string of the molecule is COc1ccc(-n2nc(C(C)(C)C)cc2NC(=O)CN(C(=O)CC(C)CC(C)(C)C)C(C)C)cc1. The topological polar surface area (TPSA) is 76.5 Å². The van der Waals surface area contributed by atoms with Crippen LogP contribution in [0, 0.1) is 11.3 Å². The van der Waals surface area contributed by atoms with Gasteiger partial charge in [0.1, 0.15) is 18.1 Å². The molecule has 2 aromatic rings. The number of methoxy groups -OCH3 is 1. The molecule has 7 heteroatoms. The summed E-state index contributed by atoms with van der Waals surface area (Å²) in [6.45, 7) is 18.8. The van der Waals surface area contributed by atoms with E-state index >= 15 is 0 Å². The van der Waals surface area contributed by atoms with Crippen LogP contribution < -0.4 is 10.1 Å². The van der Waals surface area contributed by atoms with Gasteiger partial charge in [-0.3, -0.25) is 9.59 Å². The molecule has 2 amide bonds. The summed E-state index contributed by atoms with van der Waals surface area (Å²) in [5.74, 6) is 1.32. The van der Waals surface area contributed by atoms with Gasteiger partial charge in [-0.1, -0.05) is 48.5 Å². The van der Waals surface area contributed by atoms with Crippen molar-refractivity contribution in [2.45, 2.75) is 86.6 Å². The molecule has 0 saturated carbocycles. The molecule has 1 heterocycles. The Bertz CT molecular complexity index is 995. The monoisotopic (exact) mass is 484 g/mol. The van der Waals surface area contributed by atoms with Gasteiger partial charge >= 0.3 is 0 Å². The molecule has 1 aromatic heterocycles. The van der Waals surface area contributed by atoms with Crippen LogP contribution in [0.3, 0.4) is 0 Å². The third-order valence-electron chi connectivity index (χ3n) is 5.80. The highest BCUT2D eigenvalue weighted by Gasteiger charge is 2.26. The lowest BCUT2D eigenvalue weighted by molar-refractivity contribution is -0.137. The molecular weight excluding hydrogens is 440 g/mol. The molecule has 0 aliphatic rings. The number of nitrogens with zero attached hydrogens (tertiary/aromatic N) is 3. The molecule has 0 fully saturated rings. The maximum absolute atomic E-state index is 13.1. The fraction of sp³-hybridized carbons (Fsp3) is 0.607. The first-order chi connectivity index (χ1) is 16.1. The van der Waals surface area contributed by atoms with E-state index in [-0.39, 0.29) is 41.1 Å². The largest absolute Gasteiger partial charge is 0.497 e. The molecule has 1 aromatic carbocycles. The van der Waals surface area contributed by atoms with E-state index in [0.29, 0.717) is 12.2 Å². The minimum atomic E-state index is -0.245. The van der Waals surface area contributed by atoms with Gasteiger partial charge < -0.3 is 15.0 Å². The van der Waals surface area contributed by atoms with Gasteiger partial charge in [0.25, 0.3) is 0 Å². The van der Waals surface area contributed by atoms with Crippen LogP contribution in [0.5, 0.6) is 5.75 Å². The van der Waals surface area contributed by atoms with E-state index in [9.17, 15) is 9.59 Å². The summed E-state index contributed by atoms with van der Waals surface area (Å²) in [5, 5.41) is 7.76. The fourth-order valence-corrected chi connectivity index (χ4v) is 4.19. The minimum absolute atomic E-state index is 0.00260. The van der Waals surface area contributed by atoms with E-state index in [1.54, 1.807) is 16.7 Å². The van der Waals surface area contributed by atoms with Crippen LogP contribution in [0.1, 0.15) is 80.8 Å². The van der Waals surface area contributed by atoms with Gasteiger partial charge in [-0.05, 0) is 55.9 Å². The second-order valence-corrected chi connectivity index (χ2v) is 12.0. The quantitative estimate of drug-likeness (QED) is 0.487. The lowest BCUT2D eigenvalue weighted by Gasteiger charge is -2.29. The van der Waals surface area contributed by atoms with Gasteiger partial charge in [0.05, 0.1) is 18.5 Å². The van der Waals surface area contributed by atoms with Gasteiger partial charge in [0, 0.05) is 23.9 Å². The van der Waals surface area contributed by atoms with Crippen molar-refractivity contribution in [1.29, 1.82) is 0 Å². The lowest BCUT2D eigenvalue weighted by Crippen LogP contribution is -2.43. The smallest absolute Gasteiger partial charge is 0.245 e. The highest BCUT2D eigenvalue weighted by Crippen LogP contribution is 2.28. The maximum Gasteiger partial charge on any atom is 0.245 e. The molecule has 35 heavy (non-hydrogen) atoms. The average molecular weight is 485 g/mol. The van der Waals surface area contributed by atoms with Crippen molar-refractivity contribution in [3.05, 3.63) is 36.0 Å². The number of aromatic nitrogens is 2. The Balaban J connectivity index is 2.23. The Kier molecular flexibility index (Phi) is 9.15. The highest BCUT2D eigenvalue weighted by molar-refractivity contribution is 5.94. The summed E-state index contributed by atoms with van der Waals surface area (Å²) in [6.07, 6.45) is 1.38. The summed E-state index contributed by atoms with van der Waals surface area (Å²) in [7, 11) is 1.62. The molecule has 1 atom stereocenters. The second-order valence-electron chi connectivity index (χ2n) is 12.0. The molecule has 7 nitrogen and oxygen atoms in total. The number of hydrogen-bond donors (Lipinski definition) is 1. The van der Waals surface area contributed by atoms with E-state index in [4.69, 9.17) is 9.84 Å². The molecule has 194 valence electrons. The van der Waals surface area contributed by atoms with Gasteiger partial charge in [0.2, 0.25) is 11.8 Å². The fourth-order valence-electron chi connectivity index (χ4n) is 4.19. The number of hydrogen-bond acceptors (Lipinski definition) is 4. The van der Waals surface area contributed by atoms with Gasteiger partial charge in [-0.2, -0.15) is 5.10 Å². The van der Waals surface area contributed by atoms with E-state index in [2.05, 4.69) is 53.8 Å². The summed E-state index contributed by atoms with van der Waals surface area (Å²) in [4.78, 5) is 27.9.